The van der Waals surface area contributed by atoms with Crippen molar-refractivity contribution in [3.63, 3.8) is 0 Å². The number of aliphatic hydroxyl groups excluding tert-OH is 4. The minimum Gasteiger partial charge on any atom is -0.422 e. The van der Waals surface area contributed by atoms with Gasteiger partial charge in [-0.15, -0.1) is 0 Å². The van der Waals surface area contributed by atoms with Crippen molar-refractivity contribution in [2.45, 2.75) is 37.6 Å². The van der Waals surface area contributed by atoms with Crippen LogP contribution >= 0.6 is 0 Å². The second-order valence-corrected chi connectivity index (χ2v) is 7.08. The molecule has 29 heavy (non-hydrogen) atoms. The number of rotatable bonds is 4. The summed E-state index contributed by atoms with van der Waals surface area (Å²) in [6, 6.07) is 7.58. The number of fused-ring (bicyclic) bond motifs is 1. The Kier molecular flexibility index (Phi) is 5.15. The fraction of sp³-hybridized carbons (Fsp3) is 0.350. The number of aliphatic hydroxyl groups is 4. The van der Waals surface area contributed by atoms with Crippen molar-refractivity contribution in [1.82, 2.24) is 4.98 Å². The monoisotopic (exact) mass is 402 g/mol. The third-order valence-corrected chi connectivity index (χ3v) is 5.27. The van der Waals surface area contributed by atoms with Crippen LogP contribution in [0.4, 0.5) is 5.69 Å². The molecular weight excluding hydrogens is 380 g/mol. The number of nitrogens with one attached hydrogen (secondary N) is 2. The summed E-state index contributed by atoms with van der Waals surface area (Å²) in [5.41, 5.74) is 2.17. The van der Waals surface area contributed by atoms with Gasteiger partial charge in [0.25, 0.3) is 0 Å². The van der Waals surface area contributed by atoms with Gasteiger partial charge >= 0.3 is 5.63 Å². The molecule has 9 heteroatoms. The van der Waals surface area contributed by atoms with Gasteiger partial charge in [-0.05, 0) is 36.8 Å². The standard InChI is InChI=1S/C20H22N2O7/c1-9-11-5-4-10(22-16-18(25)17(24)14(8-23)29-20(16)27)7-13(11)28-19(26)15(9)12-3-2-6-21-12/h2-7,14,16-18,20-25,27H,8H2,1H3/t14?,16?,17-,18-,20?/m0/s1. The lowest BCUT2D eigenvalue weighted by molar-refractivity contribution is -0.245. The van der Waals surface area contributed by atoms with E-state index in [4.69, 9.17) is 14.3 Å². The van der Waals surface area contributed by atoms with E-state index in [2.05, 4.69) is 10.3 Å². The minimum absolute atomic E-state index is 0.335. The third kappa shape index (κ3) is 3.43. The van der Waals surface area contributed by atoms with Gasteiger partial charge < -0.3 is 39.9 Å². The molecule has 9 nitrogen and oxygen atoms in total. The zero-order valence-corrected chi connectivity index (χ0v) is 15.6. The highest BCUT2D eigenvalue weighted by molar-refractivity contribution is 5.88. The number of ether oxygens (including phenoxy) is 1. The number of hydrogen-bond donors (Lipinski definition) is 6. The Balaban J connectivity index is 1.66. The molecule has 3 heterocycles. The summed E-state index contributed by atoms with van der Waals surface area (Å²) in [5.74, 6) is 0. The smallest absolute Gasteiger partial charge is 0.345 e. The van der Waals surface area contributed by atoms with Gasteiger partial charge in [0.1, 0.15) is 29.9 Å². The van der Waals surface area contributed by atoms with E-state index >= 15 is 0 Å². The lowest BCUT2D eigenvalue weighted by Gasteiger charge is -2.40. The highest BCUT2D eigenvalue weighted by Crippen LogP contribution is 2.29. The molecule has 1 aliphatic rings. The van der Waals surface area contributed by atoms with Gasteiger partial charge in [-0.2, -0.15) is 0 Å². The Morgan fingerprint density at radius 2 is 1.97 bits per heavy atom. The quantitative estimate of drug-likeness (QED) is 0.342. The summed E-state index contributed by atoms with van der Waals surface area (Å²) < 4.78 is 10.6. The van der Waals surface area contributed by atoms with E-state index in [-0.39, 0.29) is 0 Å². The van der Waals surface area contributed by atoms with Crippen molar-refractivity contribution in [2.75, 3.05) is 11.9 Å². The van der Waals surface area contributed by atoms with E-state index in [0.717, 1.165) is 10.9 Å². The molecule has 4 rings (SSSR count). The van der Waals surface area contributed by atoms with E-state index in [1.54, 1.807) is 36.5 Å². The van der Waals surface area contributed by atoms with E-state index in [9.17, 15) is 20.1 Å². The summed E-state index contributed by atoms with van der Waals surface area (Å²) in [6.45, 7) is 1.29. The number of aromatic nitrogens is 1. The Labute approximate surface area is 165 Å². The Morgan fingerprint density at radius 1 is 1.17 bits per heavy atom. The van der Waals surface area contributed by atoms with Crippen LogP contribution in [-0.4, -0.2) is 62.7 Å². The van der Waals surface area contributed by atoms with Crippen LogP contribution in [0.3, 0.4) is 0 Å². The summed E-state index contributed by atoms with van der Waals surface area (Å²) in [4.78, 5) is 15.5. The van der Waals surface area contributed by atoms with Gasteiger partial charge in [0.2, 0.25) is 0 Å². The van der Waals surface area contributed by atoms with Crippen LogP contribution in [0.2, 0.25) is 0 Å². The van der Waals surface area contributed by atoms with Crippen LogP contribution in [0.15, 0.2) is 45.7 Å². The van der Waals surface area contributed by atoms with Gasteiger partial charge in [-0.3, -0.25) is 0 Å². The molecule has 0 aliphatic carbocycles. The zero-order valence-electron chi connectivity index (χ0n) is 15.6. The summed E-state index contributed by atoms with van der Waals surface area (Å²) in [5, 5.41) is 43.2. The van der Waals surface area contributed by atoms with E-state index in [0.29, 0.717) is 22.5 Å². The van der Waals surface area contributed by atoms with Crippen molar-refractivity contribution < 1.29 is 29.6 Å². The first kappa shape index (κ1) is 19.6. The van der Waals surface area contributed by atoms with Crippen molar-refractivity contribution >= 4 is 16.7 Å². The Morgan fingerprint density at radius 3 is 2.66 bits per heavy atom. The van der Waals surface area contributed by atoms with Gasteiger partial charge in [0.05, 0.1) is 17.9 Å². The molecule has 0 spiro atoms. The lowest BCUT2D eigenvalue weighted by Crippen LogP contribution is -2.61. The van der Waals surface area contributed by atoms with Crippen LogP contribution in [0, 0.1) is 6.92 Å². The summed E-state index contributed by atoms with van der Waals surface area (Å²) in [7, 11) is 0. The summed E-state index contributed by atoms with van der Waals surface area (Å²) in [6.07, 6.45) is -3.56. The van der Waals surface area contributed by atoms with Crippen LogP contribution in [0.5, 0.6) is 0 Å². The number of benzene rings is 1. The molecule has 1 fully saturated rings. The number of aromatic amines is 1. The largest absolute Gasteiger partial charge is 0.422 e. The van der Waals surface area contributed by atoms with Crippen LogP contribution in [0.25, 0.3) is 22.2 Å². The van der Waals surface area contributed by atoms with E-state index in [1.165, 1.54) is 0 Å². The highest BCUT2D eigenvalue weighted by Gasteiger charge is 2.43. The second kappa shape index (κ2) is 7.62. The normalized spacial score (nSPS) is 27.3. The van der Waals surface area contributed by atoms with Crippen molar-refractivity contribution in [2.24, 2.45) is 0 Å². The summed E-state index contributed by atoms with van der Waals surface area (Å²) >= 11 is 0. The van der Waals surface area contributed by atoms with Gasteiger partial charge in [0.15, 0.2) is 6.29 Å². The molecule has 0 radical (unpaired) electrons. The van der Waals surface area contributed by atoms with Crippen LogP contribution in [-0.2, 0) is 4.74 Å². The molecule has 3 unspecified atom stereocenters. The van der Waals surface area contributed by atoms with E-state index < -0.39 is 42.9 Å². The first-order valence-electron chi connectivity index (χ1n) is 9.19. The van der Waals surface area contributed by atoms with Crippen molar-refractivity contribution in [1.29, 1.82) is 0 Å². The molecule has 2 aromatic heterocycles. The predicted octanol–water partition coefficient (Wildman–Crippen LogP) is 0.308. The molecule has 0 saturated carbocycles. The van der Waals surface area contributed by atoms with E-state index in [1.807, 2.05) is 6.92 Å². The Hall–Kier alpha value is -2.69. The number of H-pyrrole nitrogens is 1. The maximum absolute atomic E-state index is 12.5. The molecule has 154 valence electrons. The first-order chi connectivity index (χ1) is 13.9. The topological polar surface area (TPSA) is 148 Å². The Bertz CT molecular complexity index is 1060. The fourth-order valence-corrected chi connectivity index (χ4v) is 3.69. The van der Waals surface area contributed by atoms with Crippen molar-refractivity contribution in [3.8, 4) is 11.3 Å². The number of anilines is 1. The molecule has 3 aromatic rings. The fourth-order valence-electron chi connectivity index (χ4n) is 3.69. The molecule has 0 bridgehead atoms. The number of hydrogen-bond acceptors (Lipinski definition) is 8. The maximum Gasteiger partial charge on any atom is 0.345 e. The van der Waals surface area contributed by atoms with Gasteiger partial charge in [-0.1, -0.05) is 0 Å². The highest BCUT2D eigenvalue weighted by atomic mass is 16.6. The zero-order chi connectivity index (χ0) is 20.7. The molecule has 6 N–H and O–H groups in total. The lowest BCUT2D eigenvalue weighted by atomic mass is 9.96. The van der Waals surface area contributed by atoms with Crippen LogP contribution in [0.1, 0.15) is 5.56 Å². The average Bonchev–Trinajstić information content (AvgIpc) is 3.22. The minimum atomic E-state index is -1.45. The number of aryl methyl sites for hydroxylation is 1. The van der Waals surface area contributed by atoms with Gasteiger partial charge in [-0.25, -0.2) is 4.79 Å². The molecular formula is C20H22N2O7. The average molecular weight is 402 g/mol. The molecule has 1 aliphatic heterocycles. The van der Waals surface area contributed by atoms with Gasteiger partial charge in [0, 0.05) is 23.3 Å². The van der Waals surface area contributed by atoms with Crippen LogP contribution < -0.4 is 10.9 Å². The first-order valence-corrected chi connectivity index (χ1v) is 9.19. The predicted molar refractivity (Wildman–Crippen MR) is 104 cm³/mol. The SMILES string of the molecule is Cc1c(-c2ccc[nH]2)c(=O)oc2cc(NC3C(O)OC(CO)[C@H](O)[C@H]3O)ccc12. The molecule has 0 amide bonds. The molecule has 1 saturated heterocycles. The maximum atomic E-state index is 12.5. The molecule has 5 atom stereocenters. The third-order valence-electron chi connectivity index (χ3n) is 5.27. The molecule has 1 aromatic carbocycles. The second-order valence-electron chi connectivity index (χ2n) is 7.08. The van der Waals surface area contributed by atoms with Crippen molar-refractivity contribution in [3.05, 3.63) is 52.5 Å².